The molecular weight excluding hydrogens is 364 g/mol. The lowest BCUT2D eigenvalue weighted by Crippen LogP contribution is -2.01. The van der Waals surface area contributed by atoms with E-state index in [9.17, 15) is 8.42 Å². The molecule has 0 aliphatic heterocycles. The van der Waals surface area contributed by atoms with Crippen molar-refractivity contribution in [3.63, 3.8) is 0 Å². The number of hydrogen-bond donors (Lipinski definition) is 1. The quantitative estimate of drug-likeness (QED) is 0.567. The summed E-state index contributed by atoms with van der Waals surface area (Å²) >= 11 is 0. The fourth-order valence-corrected chi connectivity index (χ4v) is 3.32. The minimum atomic E-state index is -3.32. The van der Waals surface area contributed by atoms with Crippen molar-refractivity contribution in [3.8, 4) is 0 Å². The van der Waals surface area contributed by atoms with Gasteiger partial charge < -0.3 is 5.32 Å². The van der Waals surface area contributed by atoms with Crippen LogP contribution in [0.4, 0.5) is 11.5 Å². The Morgan fingerprint density at radius 2 is 2.00 bits per heavy atom. The van der Waals surface area contributed by atoms with Crippen LogP contribution in [-0.2, 0) is 16.4 Å². The lowest BCUT2D eigenvalue weighted by Gasteiger charge is -2.07. The van der Waals surface area contributed by atoms with Crippen molar-refractivity contribution < 1.29 is 8.42 Å². The van der Waals surface area contributed by atoms with Gasteiger partial charge in [-0.3, -0.25) is 9.67 Å². The normalized spacial score (nSPS) is 11.6. The number of aromatic nitrogens is 5. The monoisotopic (exact) mass is 380 g/mol. The molecule has 4 rings (SSSR count). The van der Waals surface area contributed by atoms with Crippen LogP contribution in [0.25, 0.3) is 10.9 Å². The van der Waals surface area contributed by atoms with Gasteiger partial charge in [0.2, 0.25) is 0 Å². The number of anilines is 2. The maximum absolute atomic E-state index is 11.8. The first kappa shape index (κ1) is 17.1. The van der Waals surface area contributed by atoms with Crippen LogP contribution in [0.1, 0.15) is 5.69 Å². The Labute approximate surface area is 155 Å². The maximum atomic E-state index is 11.8. The summed E-state index contributed by atoms with van der Waals surface area (Å²) in [5.41, 5.74) is 2.29. The molecule has 0 bridgehead atoms. The van der Waals surface area contributed by atoms with Gasteiger partial charge in [0.1, 0.15) is 12.1 Å². The van der Waals surface area contributed by atoms with Crippen molar-refractivity contribution in [1.29, 1.82) is 0 Å². The molecule has 0 aliphatic rings. The van der Waals surface area contributed by atoms with Crippen molar-refractivity contribution in [2.24, 2.45) is 0 Å². The number of fused-ring (bicyclic) bond motifs is 1. The molecule has 9 heteroatoms. The molecule has 0 amide bonds. The smallest absolute Gasteiger partial charge is 0.175 e. The molecule has 0 fully saturated rings. The van der Waals surface area contributed by atoms with E-state index in [1.165, 1.54) is 12.6 Å². The molecule has 0 saturated heterocycles. The summed E-state index contributed by atoms with van der Waals surface area (Å²) in [4.78, 5) is 12.9. The molecule has 136 valence electrons. The van der Waals surface area contributed by atoms with E-state index in [1.807, 2.05) is 24.4 Å². The molecule has 0 aliphatic carbocycles. The number of hydrogen-bond acceptors (Lipinski definition) is 7. The van der Waals surface area contributed by atoms with Gasteiger partial charge >= 0.3 is 0 Å². The van der Waals surface area contributed by atoms with Crippen molar-refractivity contribution in [1.82, 2.24) is 24.7 Å². The first-order valence-corrected chi connectivity index (χ1v) is 10.0. The van der Waals surface area contributed by atoms with Crippen LogP contribution in [-0.4, -0.2) is 39.4 Å². The Morgan fingerprint density at radius 1 is 1.11 bits per heavy atom. The van der Waals surface area contributed by atoms with Gasteiger partial charge in [0.15, 0.2) is 9.84 Å². The Bertz CT molecular complexity index is 1200. The summed E-state index contributed by atoms with van der Waals surface area (Å²) in [5.74, 6) is 0.517. The molecular formula is C18H16N6O2S. The minimum absolute atomic E-state index is 0.221. The SMILES string of the molecule is CS(=O)(=O)c1ccc2ncnc(Nc3cnn(Cc4ccccn4)c3)c2c1. The third kappa shape index (κ3) is 3.77. The Morgan fingerprint density at radius 3 is 2.78 bits per heavy atom. The number of sulfone groups is 1. The summed E-state index contributed by atoms with van der Waals surface area (Å²) in [6.45, 7) is 0.547. The van der Waals surface area contributed by atoms with Crippen LogP contribution in [0, 0.1) is 0 Å². The van der Waals surface area contributed by atoms with E-state index in [0.29, 0.717) is 23.3 Å². The number of rotatable bonds is 5. The standard InChI is InChI=1S/C18H16N6O2S/c1-27(25,26)15-5-6-17-16(8-15)18(21-12-20-17)23-14-9-22-24(11-14)10-13-4-2-3-7-19-13/h2-9,11-12H,10H2,1H3,(H,20,21,23). The van der Waals surface area contributed by atoms with E-state index in [4.69, 9.17) is 0 Å². The summed E-state index contributed by atoms with van der Waals surface area (Å²) in [6, 6.07) is 10.5. The van der Waals surface area contributed by atoms with Crippen molar-refractivity contribution in [2.75, 3.05) is 11.6 Å². The van der Waals surface area contributed by atoms with Gasteiger partial charge in [-0.1, -0.05) is 6.07 Å². The predicted molar refractivity (Wildman–Crippen MR) is 101 cm³/mol. The summed E-state index contributed by atoms with van der Waals surface area (Å²) in [6.07, 6.45) is 7.86. The summed E-state index contributed by atoms with van der Waals surface area (Å²) < 4.78 is 25.4. The van der Waals surface area contributed by atoms with Crippen LogP contribution >= 0.6 is 0 Å². The summed E-state index contributed by atoms with van der Waals surface area (Å²) in [7, 11) is -3.32. The number of nitrogens with one attached hydrogen (secondary N) is 1. The summed E-state index contributed by atoms with van der Waals surface area (Å²) in [5, 5.41) is 8.12. The third-order valence-electron chi connectivity index (χ3n) is 3.98. The lowest BCUT2D eigenvalue weighted by atomic mass is 10.2. The molecule has 27 heavy (non-hydrogen) atoms. The molecule has 0 saturated carbocycles. The first-order chi connectivity index (χ1) is 13.0. The van der Waals surface area contributed by atoms with Crippen LogP contribution in [0.5, 0.6) is 0 Å². The largest absolute Gasteiger partial charge is 0.337 e. The fraction of sp³-hybridized carbons (Fsp3) is 0.111. The highest BCUT2D eigenvalue weighted by Crippen LogP contribution is 2.25. The van der Waals surface area contributed by atoms with E-state index in [1.54, 1.807) is 35.3 Å². The molecule has 0 spiro atoms. The highest BCUT2D eigenvalue weighted by molar-refractivity contribution is 7.90. The van der Waals surface area contributed by atoms with Gasteiger partial charge in [-0.15, -0.1) is 0 Å². The topological polar surface area (TPSA) is 103 Å². The highest BCUT2D eigenvalue weighted by Gasteiger charge is 2.12. The molecule has 1 N–H and O–H groups in total. The van der Waals surface area contributed by atoms with Gasteiger partial charge in [-0.2, -0.15) is 5.10 Å². The van der Waals surface area contributed by atoms with Crippen LogP contribution < -0.4 is 5.32 Å². The molecule has 3 heterocycles. The second kappa shape index (κ2) is 6.76. The predicted octanol–water partition coefficient (Wildman–Crippen LogP) is 2.42. The average molecular weight is 380 g/mol. The van der Waals surface area contributed by atoms with Crippen LogP contribution in [0.2, 0.25) is 0 Å². The zero-order valence-corrected chi connectivity index (χ0v) is 15.3. The molecule has 8 nitrogen and oxygen atoms in total. The molecule has 0 atom stereocenters. The van der Waals surface area contributed by atoms with E-state index in [0.717, 1.165) is 11.4 Å². The van der Waals surface area contributed by atoms with Crippen molar-refractivity contribution >= 4 is 32.2 Å². The van der Waals surface area contributed by atoms with Crippen LogP contribution in [0.15, 0.2) is 66.2 Å². The fourth-order valence-electron chi connectivity index (χ4n) is 2.67. The third-order valence-corrected chi connectivity index (χ3v) is 5.09. The van der Waals surface area contributed by atoms with Crippen LogP contribution in [0.3, 0.4) is 0 Å². The van der Waals surface area contributed by atoms with E-state index in [-0.39, 0.29) is 4.90 Å². The van der Waals surface area contributed by atoms with E-state index >= 15 is 0 Å². The Hall–Kier alpha value is -3.33. The van der Waals surface area contributed by atoms with E-state index < -0.39 is 9.84 Å². The molecule has 1 aromatic carbocycles. The second-order valence-corrected chi connectivity index (χ2v) is 8.06. The zero-order valence-electron chi connectivity index (χ0n) is 14.4. The van der Waals surface area contributed by atoms with Crippen molar-refractivity contribution in [3.05, 3.63) is 67.0 Å². The highest BCUT2D eigenvalue weighted by atomic mass is 32.2. The Kier molecular flexibility index (Phi) is 4.28. The van der Waals surface area contributed by atoms with E-state index in [2.05, 4.69) is 25.4 Å². The second-order valence-electron chi connectivity index (χ2n) is 6.05. The molecule has 0 radical (unpaired) electrons. The molecule has 4 aromatic rings. The van der Waals surface area contributed by atoms with Crippen molar-refractivity contribution in [2.45, 2.75) is 11.4 Å². The first-order valence-electron chi connectivity index (χ1n) is 8.13. The van der Waals surface area contributed by atoms with Gasteiger partial charge in [0, 0.05) is 24.0 Å². The lowest BCUT2D eigenvalue weighted by molar-refractivity contribution is 0.602. The van der Waals surface area contributed by atoms with Gasteiger partial charge in [-0.25, -0.2) is 18.4 Å². The maximum Gasteiger partial charge on any atom is 0.175 e. The van der Waals surface area contributed by atoms with Gasteiger partial charge in [0.05, 0.1) is 34.5 Å². The zero-order chi connectivity index (χ0) is 18.9. The van der Waals surface area contributed by atoms with Gasteiger partial charge in [0.25, 0.3) is 0 Å². The molecule has 0 unspecified atom stereocenters. The average Bonchev–Trinajstić information content (AvgIpc) is 3.08. The molecule has 3 aromatic heterocycles. The van der Waals surface area contributed by atoms with Gasteiger partial charge in [-0.05, 0) is 30.3 Å². The minimum Gasteiger partial charge on any atom is -0.337 e. The number of pyridine rings is 1. The number of benzene rings is 1. The Balaban J connectivity index is 1.64. The number of nitrogens with zero attached hydrogens (tertiary/aromatic N) is 5.